The maximum Gasteiger partial charge on any atom is 0.246 e. The topological polar surface area (TPSA) is 55.2 Å². The number of benzene rings is 1. The van der Waals surface area contributed by atoms with Crippen LogP contribution in [-0.4, -0.2) is 35.6 Å². The van der Waals surface area contributed by atoms with Crippen LogP contribution in [0.15, 0.2) is 41.4 Å². The van der Waals surface area contributed by atoms with Crippen LogP contribution in [0.2, 0.25) is 0 Å². The van der Waals surface area contributed by atoms with Gasteiger partial charge in [0.25, 0.3) is 0 Å². The van der Waals surface area contributed by atoms with Crippen LogP contribution in [0.5, 0.6) is 0 Å². The predicted molar refractivity (Wildman–Crippen MR) is 89.7 cm³/mol. The number of sulfonamides is 1. The zero-order valence-corrected chi connectivity index (χ0v) is 14.7. The Morgan fingerprint density at radius 2 is 1.74 bits per heavy atom. The van der Waals surface area contributed by atoms with Gasteiger partial charge in [0.2, 0.25) is 10.0 Å². The first kappa shape index (κ1) is 16.2. The van der Waals surface area contributed by atoms with Crippen molar-refractivity contribution in [2.45, 2.75) is 37.0 Å². The molecule has 0 radical (unpaired) electrons. The monoisotopic (exact) mass is 333 g/mol. The van der Waals surface area contributed by atoms with Crippen molar-refractivity contribution < 1.29 is 8.42 Å². The van der Waals surface area contributed by atoms with E-state index in [1.165, 1.54) is 11.8 Å². The van der Waals surface area contributed by atoms with E-state index in [2.05, 4.69) is 24.2 Å². The van der Waals surface area contributed by atoms with Crippen LogP contribution >= 0.6 is 0 Å². The summed E-state index contributed by atoms with van der Waals surface area (Å²) in [6.07, 6.45) is 3.11. The molecule has 2 aromatic rings. The second-order valence-electron chi connectivity index (χ2n) is 6.55. The van der Waals surface area contributed by atoms with E-state index in [-0.39, 0.29) is 5.41 Å². The van der Waals surface area contributed by atoms with E-state index in [0.717, 1.165) is 12.8 Å². The molecule has 2 heterocycles. The third-order valence-electron chi connectivity index (χ3n) is 5.10. The van der Waals surface area contributed by atoms with Crippen LogP contribution in [-0.2, 0) is 22.5 Å². The van der Waals surface area contributed by atoms with Gasteiger partial charge in [-0.05, 0) is 30.7 Å². The van der Waals surface area contributed by atoms with Gasteiger partial charge >= 0.3 is 0 Å². The van der Waals surface area contributed by atoms with Gasteiger partial charge in [0.1, 0.15) is 4.90 Å². The molecule has 0 saturated carbocycles. The van der Waals surface area contributed by atoms with Crippen LogP contribution in [0.25, 0.3) is 0 Å². The Kier molecular flexibility index (Phi) is 4.06. The average molecular weight is 333 g/mol. The van der Waals surface area contributed by atoms with Crippen LogP contribution in [0, 0.1) is 6.92 Å². The van der Waals surface area contributed by atoms with E-state index < -0.39 is 10.0 Å². The molecule has 0 unspecified atom stereocenters. The van der Waals surface area contributed by atoms with Crippen molar-refractivity contribution in [3.8, 4) is 0 Å². The minimum absolute atomic E-state index is 0.0390. The van der Waals surface area contributed by atoms with Gasteiger partial charge in [-0.2, -0.15) is 9.40 Å². The highest BCUT2D eigenvalue weighted by Gasteiger charge is 2.37. The maximum atomic E-state index is 12.8. The zero-order chi connectivity index (χ0) is 16.7. The van der Waals surface area contributed by atoms with E-state index in [0.29, 0.717) is 23.7 Å². The molecule has 1 saturated heterocycles. The van der Waals surface area contributed by atoms with Gasteiger partial charge in [-0.25, -0.2) is 8.42 Å². The summed E-state index contributed by atoms with van der Waals surface area (Å²) in [6.45, 7) is 5.10. The Balaban J connectivity index is 1.80. The fourth-order valence-corrected chi connectivity index (χ4v) is 4.85. The van der Waals surface area contributed by atoms with Crippen molar-refractivity contribution in [1.29, 1.82) is 0 Å². The predicted octanol–water partition coefficient (Wildman–Crippen LogP) is 2.47. The third kappa shape index (κ3) is 2.81. The smallest absolute Gasteiger partial charge is 0.246 e. The minimum Gasteiger partial charge on any atom is -0.272 e. The molecule has 6 heteroatoms. The molecule has 1 aromatic heterocycles. The normalized spacial score (nSPS) is 18.9. The number of aromatic nitrogens is 2. The van der Waals surface area contributed by atoms with Crippen LogP contribution in [0.4, 0.5) is 0 Å². The molecule has 5 nitrogen and oxygen atoms in total. The molecule has 1 aliphatic rings. The van der Waals surface area contributed by atoms with E-state index in [4.69, 9.17) is 0 Å². The Labute approximate surface area is 138 Å². The summed E-state index contributed by atoms with van der Waals surface area (Å²) in [5, 5.41) is 4.06. The van der Waals surface area contributed by atoms with Crippen LogP contribution < -0.4 is 0 Å². The molecule has 0 atom stereocenters. The first-order valence-electron chi connectivity index (χ1n) is 7.89. The number of piperidine rings is 1. The lowest BCUT2D eigenvalue weighted by Gasteiger charge is -2.39. The Morgan fingerprint density at radius 1 is 1.13 bits per heavy atom. The molecule has 124 valence electrons. The quantitative estimate of drug-likeness (QED) is 0.867. The SMILES string of the molecule is Cc1c(S(=O)(=O)N2CCC(C)(c3ccccc3)CC2)cnn1C. The number of hydrogen-bond acceptors (Lipinski definition) is 3. The van der Waals surface area contributed by atoms with E-state index in [1.807, 2.05) is 18.2 Å². The highest BCUT2D eigenvalue weighted by molar-refractivity contribution is 7.89. The standard InChI is InChI=1S/C17H23N3O2S/c1-14-16(13-18-19(14)3)23(21,22)20-11-9-17(2,10-12-20)15-7-5-4-6-8-15/h4-8,13H,9-12H2,1-3H3. The second kappa shape index (κ2) is 5.76. The molecule has 0 bridgehead atoms. The molecule has 1 fully saturated rings. The van der Waals surface area contributed by atoms with Crippen molar-refractivity contribution in [3.63, 3.8) is 0 Å². The van der Waals surface area contributed by atoms with Crippen LogP contribution in [0.3, 0.4) is 0 Å². The molecule has 1 aromatic carbocycles. The van der Waals surface area contributed by atoms with Gasteiger partial charge in [-0.15, -0.1) is 0 Å². The van der Waals surface area contributed by atoms with Gasteiger partial charge < -0.3 is 0 Å². The summed E-state index contributed by atoms with van der Waals surface area (Å²) in [4.78, 5) is 0.323. The number of nitrogens with zero attached hydrogens (tertiary/aromatic N) is 3. The fraction of sp³-hybridized carbons (Fsp3) is 0.471. The maximum absolute atomic E-state index is 12.8. The Morgan fingerprint density at radius 3 is 2.26 bits per heavy atom. The van der Waals surface area contributed by atoms with Crippen molar-refractivity contribution in [2.75, 3.05) is 13.1 Å². The second-order valence-corrected chi connectivity index (χ2v) is 8.45. The molecule has 0 aliphatic carbocycles. The number of aryl methyl sites for hydroxylation is 1. The molecular formula is C17H23N3O2S. The lowest BCUT2D eigenvalue weighted by Crippen LogP contribution is -2.43. The first-order valence-corrected chi connectivity index (χ1v) is 9.33. The molecule has 23 heavy (non-hydrogen) atoms. The van der Waals surface area contributed by atoms with E-state index >= 15 is 0 Å². The Bertz CT molecular complexity index is 789. The number of hydrogen-bond donors (Lipinski definition) is 0. The number of rotatable bonds is 3. The molecular weight excluding hydrogens is 310 g/mol. The summed E-state index contributed by atoms with van der Waals surface area (Å²) >= 11 is 0. The van der Waals surface area contributed by atoms with Crippen LogP contribution in [0.1, 0.15) is 31.0 Å². The fourth-order valence-electron chi connectivity index (χ4n) is 3.22. The lowest BCUT2D eigenvalue weighted by atomic mass is 9.75. The van der Waals surface area contributed by atoms with Crippen molar-refractivity contribution in [1.82, 2.24) is 14.1 Å². The van der Waals surface area contributed by atoms with Gasteiger partial charge in [-0.3, -0.25) is 4.68 Å². The third-order valence-corrected chi connectivity index (χ3v) is 7.11. The summed E-state index contributed by atoms with van der Waals surface area (Å²) in [5.74, 6) is 0. The molecule has 0 spiro atoms. The molecule has 1 aliphatic heterocycles. The minimum atomic E-state index is -3.45. The summed E-state index contributed by atoms with van der Waals surface area (Å²) in [6, 6.07) is 10.4. The lowest BCUT2D eigenvalue weighted by molar-refractivity contribution is 0.249. The van der Waals surface area contributed by atoms with E-state index in [1.54, 1.807) is 23.0 Å². The first-order chi connectivity index (χ1) is 10.8. The highest BCUT2D eigenvalue weighted by atomic mass is 32.2. The van der Waals surface area contributed by atoms with E-state index in [9.17, 15) is 8.42 Å². The molecule has 0 N–H and O–H groups in total. The molecule has 0 amide bonds. The molecule has 3 rings (SSSR count). The highest BCUT2D eigenvalue weighted by Crippen LogP contribution is 2.36. The Hall–Kier alpha value is -1.66. The average Bonchev–Trinajstić information content (AvgIpc) is 2.89. The largest absolute Gasteiger partial charge is 0.272 e. The summed E-state index contributed by atoms with van der Waals surface area (Å²) < 4.78 is 28.9. The zero-order valence-electron chi connectivity index (χ0n) is 13.9. The van der Waals surface area contributed by atoms with Crippen molar-refractivity contribution >= 4 is 10.0 Å². The van der Waals surface area contributed by atoms with Crippen molar-refractivity contribution in [2.24, 2.45) is 7.05 Å². The van der Waals surface area contributed by atoms with Gasteiger partial charge in [-0.1, -0.05) is 37.3 Å². The van der Waals surface area contributed by atoms with Crippen molar-refractivity contribution in [3.05, 3.63) is 47.8 Å². The summed E-state index contributed by atoms with van der Waals surface area (Å²) in [5.41, 5.74) is 2.01. The van der Waals surface area contributed by atoms with Gasteiger partial charge in [0.15, 0.2) is 0 Å². The summed E-state index contributed by atoms with van der Waals surface area (Å²) in [7, 11) is -1.69. The van der Waals surface area contributed by atoms with Gasteiger partial charge in [0.05, 0.1) is 11.9 Å². The van der Waals surface area contributed by atoms with Gasteiger partial charge in [0, 0.05) is 20.1 Å².